The molecule has 0 bridgehead atoms. The SMILES string of the molecule is CCc1ccccc1NS(=O)(=O)c1c(C)nn(-c2ccccc2)c1C. The van der Waals surface area contributed by atoms with Crippen LogP contribution in [0.3, 0.4) is 0 Å². The summed E-state index contributed by atoms with van der Waals surface area (Å²) in [6.07, 6.45) is 0.750. The number of aromatic nitrogens is 2. The molecule has 0 fully saturated rings. The third kappa shape index (κ3) is 3.30. The van der Waals surface area contributed by atoms with Gasteiger partial charge >= 0.3 is 0 Å². The minimum Gasteiger partial charge on any atom is -0.279 e. The largest absolute Gasteiger partial charge is 0.279 e. The number of benzene rings is 2. The first kappa shape index (κ1) is 17.2. The third-order valence-electron chi connectivity index (χ3n) is 4.14. The first-order valence-corrected chi connectivity index (χ1v) is 9.64. The number of anilines is 1. The maximum atomic E-state index is 13.0. The summed E-state index contributed by atoms with van der Waals surface area (Å²) in [5, 5.41) is 4.43. The van der Waals surface area contributed by atoms with Crippen molar-refractivity contribution in [2.45, 2.75) is 32.1 Å². The van der Waals surface area contributed by atoms with E-state index in [1.165, 1.54) is 0 Å². The molecule has 0 aliphatic heterocycles. The molecule has 0 atom stereocenters. The first-order chi connectivity index (χ1) is 11.9. The first-order valence-electron chi connectivity index (χ1n) is 8.16. The lowest BCUT2D eigenvalue weighted by Crippen LogP contribution is -2.16. The minimum atomic E-state index is -3.73. The zero-order valence-electron chi connectivity index (χ0n) is 14.5. The molecule has 0 saturated carbocycles. The maximum Gasteiger partial charge on any atom is 0.265 e. The average molecular weight is 355 g/mol. The standard InChI is InChI=1S/C19H21N3O2S/c1-4-16-10-8-9-13-18(16)21-25(23,24)19-14(2)20-22(15(19)3)17-11-6-5-7-12-17/h5-13,21H,4H2,1-3H3. The van der Waals surface area contributed by atoms with Gasteiger partial charge in [0.25, 0.3) is 10.0 Å². The second-order valence-electron chi connectivity index (χ2n) is 5.86. The van der Waals surface area contributed by atoms with Gasteiger partial charge in [0, 0.05) is 0 Å². The second-order valence-corrected chi connectivity index (χ2v) is 7.48. The molecule has 0 spiro atoms. The van der Waals surface area contributed by atoms with Crippen molar-refractivity contribution in [2.75, 3.05) is 4.72 Å². The molecule has 2 aromatic carbocycles. The molecule has 0 aliphatic carbocycles. The quantitative estimate of drug-likeness (QED) is 0.756. The van der Waals surface area contributed by atoms with Crippen LogP contribution in [0.15, 0.2) is 59.5 Å². The normalized spacial score (nSPS) is 11.5. The van der Waals surface area contributed by atoms with Gasteiger partial charge in [0.15, 0.2) is 0 Å². The van der Waals surface area contributed by atoms with Crippen LogP contribution in [-0.2, 0) is 16.4 Å². The summed E-state index contributed by atoms with van der Waals surface area (Å²) in [6.45, 7) is 5.48. The Kier molecular flexibility index (Phi) is 4.63. The summed E-state index contributed by atoms with van der Waals surface area (Å²) in [5.74, 6) is 0. The molecule has 5 nitrogen and oxygen atoms in total. The topological polar surface area (TPSA) is 64.0 Å². The van der Waals surface area contributed by atoms with E-state index in [4.69, 9.17) is 0 Å². The van der Waals surface area contributed by atoms with E-state index in [1.807, 2.05) is 55.5 Å². The molecule has 3 rings (SSSR count). The molecule has 0 unspecified atom stereocenters. The molecule has 3 aromatic rings. The Morgan fingerprint density at radius 1 is 1.00 bits per heavy atom. The van der Waals surface area contributed by atoms with Crippen molar-refractivity contribution in [1.29, 1.82) is 0 Å². The highest BCUT2D eigenvalue weighted by Gasteiger charge is 2.25. The number of nitrogens with one attached hydrogen (secondary N) is 1. The van der Waals surface area contributed by atoms with Crippen LogP contribution in [0, 0.1) is 13.8 Å². The molecule has 1 aromatic heterocycles. The second kappa shape index (κ2) is 6.72. The van der Waals surface area contributed by atoms with Gasteiger partial charge in [-0.05, 0) is 44.0 Å². The molecular formula is C19H21N3O2S. The third-order valence-corrected chi connectivity index (χ3v) is 5.75. The van der Waals surface area contributed by atoms with E-state index in [0.29, 0.717) is 17.1 Å². The average Bonchev–Trinajstić information content (AvgIpc) is 2.91. The summed E-state index contributed by atoms with van der Waals surface area (Å²) in [6, 6.07) is 16.9. The summed E-state index contributed by atoms with van der Waals surface area (Å²) >= 11 is 0. The molecule has 0 radical (unpaired) electrons. The molecule has 0 aliphatic rings. The van der Waals surface area contributed by atoms with Gasteiger partial charge < -0.3 is 0 Å². The van der Waals surface area contributed by atoms with Gasteiger partial charge in [-0.1, -0.05) is 43.3 Å². The van der Waals surface area contributed by atoms with E-state index < -0.39 is 10.0 Å². The minimum absolute atomic E-state index is 0.224. The smallest absolute Gasteiger partial charge is 0.265 e. The number of para-hydroxylation sites is 2. The van der Waals surface area contributed by atoms with E-state index in [0.717, 1.165) is 17.7 Å². The van der Waals surface area contributed by atoms with Gasteiger partial charge in [0.2, 0.25) is 0 Å². The Hall–Kier alpha value is -2.60. The predicted molar refractivity (Wildman–Crippen MR) is 99.7 cm³/mol. The molecule has 0 amide bonds. The molecule has 0 saturated heterocycles. The number of hydrogen-bond donors (Lipinski definition) is 1. The van der Waals surface area contributed by atoms with Crippen molar-refractivity contribution in [1.82, 2.24) is 9.78 Å². The van der Waals surface area contributed by atoms with Crippen LogP contribution in [0.5, 0.6) is 0 Å². The van der Waals surface area contributed by atoms with E-state index in [9.17, 15) is 8.42 Å². The Morgan fingerprint density at radius 3 is 2.32 bits per heavy atom. The van der Waals surface area contributed by atoms with Crippen LogP contribution in [0.25, 0.3) is 5.69 Å². The molecule has 1 N–H and O–H groups in total. The number of aryl methyl sites for hydroxylation is 2. The van der Waals surface area contributed by atoms with Gasteiger partial charge in [0.05, 0.1) is 22.8 Å². The highest BCUT2D eigenvalue weighted by atomic mass is 32.2. The zero-order valence-corrected chi connectivity index (χ0v) is 15.3. The molecule has 25 heavy (non-hydrogen) atoms. The highest BCUT2D eigenvalue weighted by molar-refractivity contribution is 7.92. The van der Waals surface area contributed by atoms with Crippen LogP contribution in [-0.4, -0.2) is 18.2 Å². The van der Waals surface area contributed by atoms with Crippen LogP contribution in [0.1, 0.15) is 23.9 Å². The lowest BCUT2D eigenvalue weighted by atomic mass is 10.1. The summed E-state index contributed by atoms with van der Waals surface area (Å²) in [4.78, 5) is 0.224. The highest BCUT2D eigenvalue weighted by Crippen LogP contribution is 2.26. The summed E-state index contributed by atoms with van der Waals surface area (Å²) in [5.41, 5.74) is 3.46. The van der Waals surface area contributed by atoms with E-state index in [2.05, 4.69) is 9.82 Å². The van der Waals surface area contributed by atoms with Crippen molar-refractivity contribution in [3.8, 4) is 5.69 Å². The van der Waals surface area contributed by atoms with E-state index >= 15 is 0 Å². The fourth-order valence-corrected chi connectivity index (χ4v) is 4.46. The fourth-order valence-electron chi connectivity index (χ4n) is 2.96. The number of rotatable bonds is 5. The van der Waals surface area contributed by atoms with Gasteiger partial charge in [-0.25, -0.2) is 13.1 Å². The van der Waals surface area contributed by atoms with E-state index in [-0.39, 0.29) is 4.90 Å². The molecule has 130 valence electrons. The zero-order chi connectivity index (χ0) is 18.0. The molecule has 1 heterocycles. The number of nitrogens with zero attached hydrogens (tertiary/aromatic N) is 2. The van der Waals surface area contributed by atoms with Gasteiger partial charge in [-0.2, -0.15) is 5.10 Å². The van der Waals surface area contributed by atoms with Crippen molar-refractivity contribution in [3.05, 3.63) is 71.5 Å². The Balaban J connectivity index is 2.05. The van der Waals surface area contributed by atoms with Crippen LogP contribution >= 0.6 is 0 Å². The van der Waals surface area contributed by atoms with Gasteiger partial charge in [0.1, 0.15) is 4.90 Å². The Morgan fingerprint density at radius 2 is 1.64 bits per heavy atom. The van der Waals surface area contributed by atoms with Crippen molar-refractivity contribution in [3.63, 3.8) is 0 Å². The van der Waals surface area contributed by atoms with Crippen LogP contribution in [0.4, 0.5) is 5.69 Å². The van der Waals surface area contributed by atoms with Crippen LogP contribution < -0.4 is 4.72 Å². The number of sulfonamides is 1. The molecule has 6 heteroatoms. The fraction of sp³-hybridized carbons (Fsp3) is 0.211. The lowest BCUT2D eigenvalue weighted by molar-refractivity contribution is 0.600. The summed E-state index contributed by atoms with van der Waals surface area (Å²) < 4.78 is 30.4. The van der Waals surface area contributed by atoms with Crippen molar-refractivity contribution in [2.24, 2.45) is 0 Å². The maximum absolute atomic E-state index is 13.0. The predicted octanol–water partition coefficient (Wildman–Crippen LogP) is 3.85. The van der Waals surface area contributed by atoms with Crippen molar-refractivity contribution >= 4 is 15.7 Å². The van der Waals surface area contributed by atoms with Crippen molar-refractivity contribution < 1.29 is 8.42 Å². The summed E-state index contributed by atoms with van der Waals surface area (Å²) in [7, 11) is -3.73. The van der Waals surface area contributed by atoms with E-state index in [1.54, 1.807) is 24.6 Å². The number of hydrogen-bond acceptors (Lipinski definition) is 3. The monoisotopic (exact) mass is 355 g/mol. The lowest BCUT2D eigenvalue weighted by Gasteiger charge is -2.12. The van der Waals surface area contributed by atoms with Gasteiger partial charge in [-0.15, -0.1) is 0 Å². The molecular weight excluding hydrogens is 334 g/mol. The van der Waals surface area contributed by atoms with Gasteiger partial charge in [-0.3, -0.25) is 4.72 Å². The Labute approximate surface area is 148 Å². The van der Waals surface area contributed by atoms with Crippen LogP contribution in [0.2, 0.25) is 0 Å². The Bertz CT molecular complexity index is 993.